The summed E-state index contributed by atoms with van der Waals surface area (Å²) in [6, 6.07) is 17.6. The van der Waals surface area contributed by atoms with Crippen LogP contribution in [0.2, 0.25) is 0 Å². The van der Waals surface area contributed by atoms with E-state index in [-0.39, 0.29) is 6.04 Å². The average molecular weight is 349 g/mol. The zero-order chi connectivity index (χ0) is 12.5. The molecule has 2 aromatic carbocycles. The van der Waals surface area contributed by atoms with Gasteiger partial charge in [-0.25, -0.2) is 0 Å². The molecule has 0 aromatic heterocycles. The summed E-state index contributed by atoms with van der Waals surface area (Å²) in [5.41, 5.74) is 10.6. The lowest BCUT2D eigenvalue weighted by Crippen LogP contribution is -2.37. The van der Waals surface area contributed by atoms with Crippen LogP contribution in [0, 0.1) is 3.57 Å². The van der Waals surface area contributed by atoms with Gasteiger partial charge in [0.15, 0.2) is 0 Å². The van der Waals surface area contributed by atoms with Gasteiger partial charge in [0.05, 0.1) is 0 Å². The molecular weight excluding hydrogens is 333 g/mol. The second kappa shape index (κ2) is 5.02. The molecule has 0 heterocycles. The number of benzene rings is 2. The summed E-state index contributed by atoms with van der Waals surface area (Å²) in [4.78, 5) is 0. The van der Waals surface area contributed by atoms with E-state index in [0.29, 0.717) is 5.92 Å². The molecule has 2 heteroatoms. The van der Waals surface area contributed by atoms with E-state index in [0.717, 1.165) is 12.8 Å². The third-order valence-corrected chi connectivity index (χ3v) is 4.52. The quantitative estimate of drug-likeness (QED) is 0.844. The van der Waals surface area contributed by atoms with Crippen molar-refractivity contribution in [2.24, 2.45) is 5.73 Å². The van der Waals surface area contributed by atoms with Gasteiger partial charge in [0.25, 0.3) is 0 Å². The SMILES string of the molecule is NC(Cc1ccc(I)cc1)C1Cc2ccccc21. The maximum Gasteiger partial charge on any atom is 0.0152 e. The number of nitrogens with two attached hydrogens (primary N) is 1. The van der Waals surface area contributed by atoms with Crippen molar-refractivity contribution in [1.82, 2.24) is 0 Å². The Hall–Kier alpha value is -0.870. The molecular formula is C16H16IN. The van der Waals surface area contributed by atoms with Crippen LogP contribution < -0.4 is 5.73 Å². The fourth-order valence-electron chi connectivity index (χ4n) is 2.71. The van der Waals surface area contributed by atoms with Crippen molar-refractivity contribution in [3.8, 4) is 0 Å². The molecule has 92 valence electrons. The fourth-order valence-corrected chi connectivity index (χ4v) is 3.07. The summed E-state index contributed by atoms with van der Waals surface area (Å²) in [7, 11) is 0. The standard InChI is InChI=1S/C16H16IN/c17-13-7-5-11(6-8-13)9-16(18)15-10-12-3-1-2-4-14(12)15/h1-8,15-16H,9-10,18H2. The summed E-state index contributed by atoms with van der Waals surface area (Å²) in [6.07, 6.45) is 2.11. The normalized spacial score (nSPS) is 18.9. The Kier molecular flexibility index (Phi) is 3.39. The van der Waals surface area contributed by atoms with Gasteiger partial charge in [0.2, 0.25) is 0 Å². The molecule has 2 unspecified atom stereocenters. The van der Waals surface area contributed by atoms with E-state index in [2.05, 4.69) is 71.1 Å². The van der Waals surface area contributed by atoms with Gasteiger partial charge in [0.1, 0.15) is 0 Å². The molecule has 3 rings (SSSR count). The molecule has 2 atom stereocenters. The second-order valence-electron chi connectivity index (χ2n) is 5.00. The van der Waals surface area contributed by atoms with Crippen molar-refractivity contribution in [2.75, 3.05) is 0 Å². The average Bonchev–Trinajstić information content (AvgIpc) is 2.34. The molecule has 1 aliphatic carbocycles. The molecule has 18 heavy (non-hydrogen) atoms. The maximum atomic E-state index is 6.36. The first-order valence-corrected chi connectivity index (χ1v) is 7.40. The van der Waals surface area contributed by atoms with Gasteiger partial charge >= 0.3 is 0 Å². The van der Waals surface area contributed by atoms with E-state index in [4.69, 9.17) is 5.73 Å². The fraction of sp³-hybridized carbons (Fsp3) is 0.250. The largest absolute Gasteiger partial charge is 0.327 e. The van der Waals surface area contributed by atoms with E-state index in [1.54, 1.807) is 0 Å². The number of fused-ring (bicyclic) bond motifs is 1. The first kappa shape index (κ1) is 12.2. The van der Waals surface area contributed by atoms with Crippen molar-refractivity contribution in [3.05, 3.63) is 68.8 Å². The van der Waals surface area contributed by atoms with Gasteiger partial charge in [-0.3, -0.25) is 0 Å². The van der Waals surface area contributed by atoms with E-state index < -0.39 is 0 Å². The van der Waals surface area contributed by atoms with Crippen LogP contribution in [-0.2, 0) is 12.8 Å². The van der Waals surface area contributed by atoms with E-state index >= 15 is 0 Å². The highest BCUT2D eigenvalue weighted by molar-refractivity contribution is 14.1. The predicted molar refractivity (Wildman–Crippen MR) is 83.7 cm³/mol. The van der Waals surface area contributed by atoms with Gasteiger partial charge in [-0.1, -0.05) is 36.4 Å². The predicted octanol–water partition coefficient (Wildman–Crippen LogP) is 3.50. The number of hydrogen-bond donors (Lipinski definition) is 1. The lowest BCUT2D eigenvalue weighted by molar-refractivity contribution is 0.480. The van der Waals surface area contributed by atoms with Gasteiger partial charge in [-0.05, 0) is 64.3 Å². The van der Waals surface area contributed by atoms with Crippen LogP contribution >= 0.6 is 22.6 Å². The summed E-state index contributed by atoms with van der Waals surface area (Å²) < 4.78 is 1.28. The Labute approximate surface area is 122 Å². The van der Waals surface area contributed by atoms with E-state index in [9.17, 15) is 0 Å². The zero-order valence-corrected chi connectivity index (χ0v) is 12.3. The Morgan fingerprint density at radius 3 is 2.56 bits per heavy atom. The van der Waals surface area contributed by atoms with Crippen LogP contribution in [0.5, 0.6) is 0 Å². The van der Waals surface area contributed by atoms with Crippen molar-refractivity contribution in [3.63, 3.8) is 0 Å². The van der Waals surface area contributed by atoms with Gasteiger partial charge in [0, 0.05) is 15.5 Å². The van der Waals surface area contributed by atoms with Gasteiger partial charge in [-0.15, -0.1) is 0 Å². The summed E-state index contributed by atoms with van der Waals surface area (Å²) >= 11 is 2.33. The Bertz CT molecular complexity index is 547. The molecule has 1 nitrogen and oxygen atoms in total. The number of halogens is 1. The Morgan fingerprint density at radius 1 is 1.11 bits per heavy atom. The van der Waals surface area contributed by atoms with E-state index in [1.165, 1.54) is 20.3 Å². The third-order valence-electron chi connectivity index (χ3n) is 3.80. The van der Waals surface area contributed by atoms with Gasteiger partial charge < -0.3 is 5.73 Å². The molecule has 0 aliphatic heterocycles. The van der Waals surface area contributed by atoms with Gasteiger partial charge in [-0.2, -0.15) is 0 Å². The number of rotatable bonds is 3. The van der Waals surface area contributed by atoms with Crippen LogP contribution in [-0.4, -0.2) is 6.04 Å². The van der Waals surface area contributed by atoms with Crippen molar-refractivity contribution in [1.29, 1.82) is 0 Å². The molecule has 2 aromatic rings. The van der Waals surface area contributed by atoms with Crippen molar-refractivity contribution in [2.45, 2.75) is 24.8 Å². The van der Waals surface area contributed by atoms with Crippen molar-refractivity contribution < 1.29 is 0 Å². The van der Waals surface area contributed by atoms with Crippen LogP contribution in [0.4, 0.5) is 0 Å². The molecule has 0 bridgehead atoms. The van der Waals surface area contributed by atoms with Crippen molar-refractivity contribution >= 4 is 22.6 Å². The highest BCUT2D eigenvalue weighted by atomic mass is 127. The minimum Gasteiger partial charge on any atom is -0.327 e. The number of hydrogen-bond acceptors (Lipinski definition) is 1. The minimum atomic E-state index is 0.236. The molecule has 2 N–H and O–H groups in total. The Morgan fingerprint density at radius 2 is 1.83 bits per heavy atom. The molecule has 0 saturated heterocycles. The summed E-state index contributed by atoms with van der Waals surface area (Å²) in [5.74, 6) is 0.542. The van der Waals surface area contributed by atoms with Crippen LogP contribution in [0.25, 0.3) is 0 Å². The van der Waals surface area contributed by atoms with Crippen LogP contribution in [0.15, 0.2) is 48.5 Å². The highest BCUT2D eigenvalue weighted by Crippen LogP contribution is 2.37. The highest BCUT2D eigenvalue weighted by Gasteiger charge is 2.30. The molecule has 0 fully saturated rings. The molecule has 0 amide bonds. The first-order valence-electron chi connectivity index (χ1n) is 6.32. The molecule has 0 radical (unpaired) electrons. The molecule has 0 spiro atoms. The molecule has 0 saturated carbocycles. The van der Waals surface area contributed by atoms with Crippen LogP contribution in [0.3, 0.4) is 0 Å². The lowest BCUT2D eigenvalue weighted by Gasteiger charge is -2.34. The first-order chi connectivity index (χ1) is 8.74. The topological polar surface area (TPSA) is 26.0 Å². The smallest absolute Gasteiger partial charge is 0.0152 e. The summed E-state index contributed by atoms with van der Waals surface area (Å²) in [6.45, 7) is 0. The lowest BCUT2D eigenvalue weighted by atomic mass is 9.72. The maximum absolute atomic E-state index is 6.36. The second-order valence-corrected chi connectivity index (χ2v) is 6.25. The minimum absolute atomic E-state index is 0.236. The Balaban J connectivity index is 1.70. The summed E-state index contributed by atoms with van der Waals surface area (Å²) in [5, 5.41) is 0. The third kappa shape index (κ3) is 2.31. The zero-order valence-electron chi connectivity index (χ0n) is 10.1. The monoisotopic (exact) mass is 349 g/mol. The van der Waals surface area contributed by atoms with Crippen LogP contribution in [0.1, 0.15) is 22.6 Å². The van der Waals surface area contributed by atoms with E-state index in [1.807, 2.05) is 0 Å². The molecule has 1 aliphatic rings.